The van der Waals surface area contributed by atoms with Gasteiger partial charge >= 0.3 is 11.7 Å². The lowest BCUT2D eigenvalue weighted by molar-refractivity contribution is -0.386. The van der Waals surface area contributed by atoms with Crippen LogP contribution >= 0.6 is 0 Å². The molecule has 2 N–H and O–H groups in total. The van der Waals surface area contributed by atoms with Crippen molar-refractivity contribution in [2.75, 3.05) is 7.11 Å². The normalized spacial score (nSPS) is 14.2. The molecule has 1 heterocycles. The maximum absolute atomic E-state index is 11.9. The molecule has 0 fully saturated rings. The highest BCUT2D eigenvalue weighted by molar-refractivity contribution is 6.06. The van der Waals surface area contributed by atoms with Crippen LogP contribution < -0.4 is 4.74 Å². The molecule has 0 saturated heterocycles. The number of nitro benzene ring substituents is 1. The molecule has 0 aliphatic heterocycles. The third kappa shape index (κ3) is 3.04. The van der Waals surface area contributed by atoms with Gasteiger partial charge in [0.1, 0.15) is 0 Å². The average molecular weight is 392 g/mol. The van der Waals surface area contributed by atoms with E-state index >= 15 is 0 Å². The lowest BCUT2D eigenvalue weighted by Gasteiger charge is -2.09. The molecular weight excluding hydrogens is 376 g/mol. The monoisotopic (exact) mass is 392 g/mol. The highest BCUT2D eigenvalue weighted by atomic mass is 16.6. The first-order chi connectivity index (χ1) is 13.9. The summed E-state index contributed by atoms with van der Waals surface area (Å²) in [5, 5.41) is 31.5. The predicted molar refractivity (Wildman–Crippen MR) is 106 cm³/mol. The van der Waals surface area contributed by atoms with Gasteiger partial charge in [0.25, 0.3) is 0 Å². The number of pyridine rings is 1. The summed E-state index contributed by atoms with van der Waals surface area (Å²) < 4.78 is 5.04. The van der Waals surface area contributed by atoms with Crippen LogP contribution in [0.2, 0.25) is 0 Å². The zero-order valence-corrected chi connectivity index (χ0v) is 15.4. The molecule has 0 radical (unpaired) electrons. The molecule has 2 aromatic carbocycles. The van der Waals surface area contributed by atoms with Gasteiger partial charge in [-0.3, -0.25) is 10.1 Å². The van der Waals surface area contributed by atoms with E-state index in [0.717, 1.165) is 5.57 Å². The number of aromatic nitrogens is 1. The van der Waals surface area contributed by atoms with Crippen molar-refractivity contribution in [2.45, 2.75) is 12.8 Å². The van der Waals surface area contributed by atoms with Crippen molar-refractivity contribution in [1.29, 1.82) is 0 Å². The van der Waals surface area contributed by atoms with Gasteiger partial charge in [-0.1, -0.05) is 18.2 Å². The number of fused-ring (bicyclic) bond motifs is 2. The molecule has 29 heavy (non-hydrogen) atoms. The largest absolute Gasteiger partial charge is 0.500 e. The fourth-order valence-electron chi connectivity index (χ4n) is 3.72. The molecule has 0 amide bonds. The number of nitro groups is 1. The van der Waals surface area contributed by atoms with E-state index in [-0.39, 0.29) is 11.3 Å². The number of carboxylic acids is 1. The van der Waals surface area contributed by atoms with Crippen molar-refractivity contribution in [2.24, 2.45) is 0 Å². The minimum Gasteiger partial charge on any atom is -0.500 e. The highest BCUT2D eigenvalue weighted by Crippen LogP contribution is 2.40. The van der Waals surface area contributed by atoms with Crippen molar-refractivity contribution >= 4 is 34.2 Å². The summed E-state index contributed by atoms with van der Waals surface area (Å²) in [6.45, 7) is 0. The Morgan fingerprint density at radius 1 is 1.28 bits per heavy atom. The third-order valence-corrected chi connectivity index (χ3v) is 4.99. The number of para-hydroxylation sites is 1. The predicted octanol–water partition coefficient (Wildman–Crippen LogP) is 4.04. The summed E-state index contributed by atoms with van der Waals surface area (Å²) in [6, 6.07) is 9.80. The van der Waals surface area contributed by atoms with Crippen molar-refractivity contribution in [3.63, 3.8) is 0 Å². The average Bonchev–Trinajstić information content (AvgIpc) is 3.08. The number of rotatable bonds is 4. The quantitative estimate of drug-likeness (QED) is 0.507. The molecule has 1 aliphatic carbocycles. The summed E-state index contributed by atoms with van der Waals surface area (Å²) in [5.74, 6) is -1.56. The first-order valence-electron chi connectivity index (χ1n) is 8.82. The number of carboxylic acid groups (broad SMARTS) is 1. The van der Waals surface area contributed by atoms with E-state index in [2.05, 4.69) is 4.98 Å². The number of benzene rings is 2. The molecular formula is C21H16N2O6. The van der Waals surface area contributed by atoms with Crippen LogP contribution in [0, 0.1) is 10.1 Å². The first kappa shape index (κ1) is 18.4. The molecule has 0 spiro atoms. The highest BCUT2D eigenvalue weighted by Gasteiger charge is 2.27. The zero-order valence-electron chi connectivity index (χ0n) is 15.4. The maximum Gasteiger partial charge on any atom is 0.336 e. The smallest absolute Gasteiger partial charge is 0.336 e. The van der Waals surface area contributed by atoms with Gasteiger partial charge in [0.2, 0.25) is 5.75 Å². The van der Waals surface area contributed by atoms with Crippen molar-refractivity contribution in [3.05, 3.63) is 68.9 Å². The second-order valence-corrected chi connectivity index (χ2v) is 6.65. The van der Waals surface area contributed by atoms with Gasteiger partial charge in [0.15, 0.2) is 5.75 Å². The van der Waals surface area contributed by atoms with Gasteiger partial charge in [0.05, 0.1) is 28.8 Å². The SMILES string of the molecule is COc1cc(C=C2CCc3c2nc2ccccc2c3C(=O)O)cc([N+](=O)[O-])c1O. The van der Waals surface area contributed by atoms with Crippen LogP contribution in [-0.4, -0.2) is 33.2 Å². The van der Waals surface area contributed by atoms with Crippen LogP contribution in [0.25, 0.3) is 22.6 Å². The van der Waals surface area contributed by atoms with Gasteiger partial charge in [-0.05, 0) is 47.8 Å². The number of allylic oxidation sites excluding steroid dienone is 1. The van der Waals surface area contributed by atoms with Crippen molar-refractivity contribution < 1.29 is 24.7 Å². The van der Waals surface area contributed by atoms with E-state index < -0.39 is 22.3 Å². The number of methoxy groups -OCH3 is 1. The number of hydrogen-bond donors (Lipinski definition) is 2. The van der Waals surface area contributed by atoms with E-state index in [9.17, 15) is 25.1 Å². The second-order valence-electron chi connectivity index (χ2n) is 6.65. The van der Waals surface area contributed by atoms with Crippen LogP contribution in [0.15, 0.2) is 36.4 Å². The summed E-state index contributed by atoms with van der Waals surface area (Å²) in [5.41, 5.74) is 2.82. The van der Waals surface area contributed by atoms with E-state index in [1.165, 1.54) is 19.2 Å². The van der Waals surface area contributed by atoms with E-state index in [1.807, 2.05) is 0 Å². The fourth-order valence-corrected chi connectivity index (χ4v) is 3.72. The summed E-state index contributed by atoms with van der Waals surface area (Å²) >= 11 is 0. The molecule has 3 aromatic rings. The Morgan fingerprint density at radius 3 is 2.72 bits per heavy atom. The fraction of sp³-hybridized carbons (Fsp3) is 0.143. The van der Waals surface area contributed by atoms with Gasteiger partial charge in [-0.15, -0.1) is 0 Å². The van der Waals surface area contributed by atoms with Gasteiger partial charge in [0, 0.05) is 11.5 Å². The van der Waals surface area contributed by atoms with Crippen LogP contribution in [0.3, 0.4) is 0 Å². The van der Waals surface area contributed by atoms with E-state index in [1.54, 1.807) is 30.3 Å². The van der Waals surface area contributed by atoms with E-state index in [4.69, 9.17) is 4.74 Å². The van der Waals surface area contributed by atoms with Crippen molar-refractivity contribution in [1.82, 2.24) is 4.98 Å². The lowest BCUT2D eigenvalue weighted by atomic mass is 10.0. The lowest BCUT2D eigenvalue weighted by Crippen LogP contribution is -2.05. The Kier molecular flexibility index (Phi) is 4.38. The molecule has 0 saturated carbocycles. The van der Waals surface area contributed by atoms with Crippen molar-refractivity contribution in [3.8, 4) is 11.5 Å². The van der Waals surface area contributed by atoms with Crippen LogP contribution in [0.1, 0.15) is 33.6 Å². The molecule has 146 valence electrons. The molecule has 8 heteroatoms. The van der Waals surface area contributed by atoms with Gasteiger partial charge in [-0.2, -0.15) is 0 Å². The van der Waals surface area contributed by atoms with Gasteiger partial charge < -0.3 is 14.9 Å². The number of carbonyl (C=O) groups is 1. The number of phenolic OH excluding ortho intramolecular Hbond substituents is 1. The summed E-state index contributed by atoms with van der Waals surface area (Å²) in [4.78, 5) is 27.1. The molecule has 0 unspecified atom stereocenters. The first-order valence-corrected chi connectivity index (χ1v) is 8.82. The summed E-state index contributed by atoms with van der Waals surface area (Å²) in [7, 11) is 1.31. The minimum absolute atomic E-state index is 0.0121. The number of hydrogen-bond acceptors (Lipinski definition) is 6. The number of nitrogens with zero attached hydrogens (tertiary/aromatic N) is 2. The molecule has 4 rings (SSSR count). The number of phenols is 1. The van der Waals surface area contributed by atoms with Crippen LogP contribution in [0.4, 0.5) is 5.69 Å². The Labute approximate surface area is 164 Å². The van der Waals surface area contributed by atoms with E-state index in [0.29, 0.717) is 40.6 Å². The maximum atomic E-state index is 11.9. The number of aromatic hydroxyl groups is 1. The Morgan fingerprint density at radius 2 is 2.03 bits per heavy atom. The minimum atomic E-state index is -1.01. The Balaban J connectivity index is 1.91. The number of ether oxygens (including phenoxy) is 1. The summed E-state index contributed by atoms with van der Waals surface area (Å²) in [6.07, 6.45) is 2.78. The molecule has 0 bridgehead atoms. The zero-order chi connectivity index (χ0) is 20.7. The Bertz CT molecular complexity index is 1220. The molecule has 1 aliphatic rings. The molecule has 8 nitrogen and oxygen atoms in total. The number of aromatic carboxylic acids is 1. The van der Waals surface area contributed by atoms with Crippen LogP contribution in [-0.2, 0) is 6.42 Å². The Hall–Kier alpha value is -3.94. The standard InChI is InChI=1S/C21H16N2O6/c1-29-17-10-11(9-16(20(17)24)23(27)28)8-12-6-7-14-18(21(25)26)13-4-2-3-5-15(13)22-19(12)14/h2-5,8-10,24H,6-7H2,1H3,(H,25,26). The molecule has 0 atom stereocenters. The molecule has 1 aromatic heterocycles. The topological polar surface area (TPSA) is 123 Å². The van der Waals surface area contributed by atoms with Crippen LogP contribution in [0.5, 0.6) is 11.5 Å². The third-order valence-electron chi connectivity index (χ3n) is 4.99. The van der Waals surface area contributed by atoms with Gasteiger partial charge in [-0.25, -0.2) is 9.78 Å². The second kappa shape index (κ2) is 6.90.